The number of carbonyl (C=O) groups is 3. The first-order valence-electron chi connectivity index (χ1n) is 6.67. The lowest BCUT2D eigenvalue weighted by atomic mass is 10.2. The van der Waals surface area contributed by atoms with Crippen LogP contribution in [0.5, 0.6) is 0 Å². The Morgan fingerprint density at radius 3 is 2.35 bits per heavy atom. The Bertz CT molecular complexity index is 698. The van der Waals surface area contributed by atoms with Crippen LogP contribution in [0.3, 0.4) is 0 Å². The van der Waals surface area contributed by atoms with E-state index in [1.807, 2.05) is 0 Å². The highest BCUT2D eigenvalue weighted by atomic mass is 19.1. The number of benzene rings is 1. The number of carbonyl (C=O) groups excluding carboxylic acids is 3. The molecule has 1 atom stereocenters. The third-order valence-corrected chi connectivity index (χ3v) is 2.89. The first kappa shape index (κ1) is 16.2. The molecule has 3 N–H and O–H groups in total. The van der Waals surface area contributed by atoms with Crippen LogP contribution in [-0.4, -0.2) is 23.8 Å². The fraction of sp³-hybridized carbons (Fsp3) is 0.133. The van der Waals surface area contributed by atoms with E-state index < -0.39 is 29.6 Å². The van der Waals surface area contributed by atoms with Crippen molar-refractivity contribution < 1.29 is 23.2 Å². The second-order valence-corrected chi connectivity index (χ2v) is 4.62. The van der Waals surface area contributed by atoms with Crippen LogP contribution in [0.4, 0.5) is 4.39 Å². The molecule has 0 fully saturated rings. The van der Waals surface area contributed by atoms with Gasteiger partial charge in [-0.15, -0.1) is 0 Å². The Morgan fingerprint density at radius 1 is 1.04 bits per heavy atom. The first-order valence-corrected chi connectivity index (χ1v) is 6.67. The number of rotatable bonds is 4. The Balaban J connectivity index is 1.83. The molecule has 8 heteroatoms. The molecule has 120 valence electrons. The van der Waals surface area contributed by atoms with Crippen LogP contribution in [-0.2, 0) is 4.79 Å². The summed E-state index contributed by atoms with van der Waals surface area (Å²) in [4.78, 5) is 35.3. The molecular weight excluding hydrogens is 305 g/mol. The first-order chi connectivity index (χ1) is 11.0. The fourth-order valence-electron chi connectivity index (χ4n) is 1.64. The topological polar surface area (TPSA) is 100 Å². The molecule has 0 unspecified atom stereocenters. The number of hydrazine groups is 1. The average molecular weight is 319 g/mol. The van der Waals surface area contributed by atoms with Crippen molar-refractivity contribution in [3.63, 3.8) is 0 Å². The van der Waals surface area contributed by atoms with E-state index in [2.05, 4.69) is 16.2 Å². The van der Waals surface area contributed by atoms with Gasteiger partial charge in [0.1, 0.15) is 11.9 Å². The molecule has 0 aliphatic carbocycles. The zero-order valence-electron chi connectivity index (χ0n) is 12.1. The van der Waals surface area contributed by atoms with Gasteiger partial charge in [-0.25, -0.2) is 4.39 Å². The van der Waals surface area contributed by atoms with E-state index >= 15 is 0 Å². The standard InChI is InChI=1S/C15H14FN3O4/c1-9(17-15(22)12-3-2-8-23-12)13(20)18-19-14(21)10-4-6-11(16)7-5-10/h2-9H,1H3,(H,17,22)(H,18,20)(H,19,21)/t9-/m1/s1. The van der Waals surface area contributed by atoms with Crippen molar-refractivity contribution in [3.8, 4) is 0 Å². The van der Waals surface area contributed by atoms with Gasteiger partial charge in [0, 0.05) is 5.56 Å². The molecule has 0 saturated heterocycles. The highest BCUT2D eigenvalue weighted by Crippen LogP contribution is 2.02. The van der Waals surface area contributed by atoms with Gasteiger partial charge in [0.2, 0.25) is 0 Å². The molecule has 1 heterocycles. The lowest BCUT2D eigenvalue weighted by Gasteiger charge is -2.14. The summed E-state index contributed by atoms with van der Waals surface area (Å²) in [7, 11) is 0. The third-order valence-electron chi connectivity index (χ3n) is 2.89. The molecule has 7 nitrogen and oxygen atoms in total. The van der Waals surface area contributed by atoms with E-state index in [1.54, 1.807) is 6.07 Å². The molecule has 0 bridgehead atoms. The van der Waals surface area contributed by atoms with Gasteiger partial charge in [-0.05, 0) is 43.3 Å². The number of furan rings is 1. The molecular formula is C15H14FN3O4. The largest absolute Gasteiger partial charge is 0.459 e. The van der Waals surface area contributed by atoms with Gasteiger partial charge in [-0.1, -0.05) is 0 Å². The summed E-state index contributed by atoms with van der Waals surface area (Å²) >= 11 is 0. The summed E-state index contributed by atoms with van der Waals surface area (Å²) in [5, 5.41) is 2.41. The zero-order chi connectivity index (χ0) is 16.8. The Labute approximate surface area is 130 Å². The SMILES string of the molecule is C[C@@H](NC(=O)c1ccco1)C(=O)NNC(=O)c1ccc(F)cc1. The fourth-order valence-corrected chi connectivity index (χ4v) is 1.64. The van der Waals surface area contributed by atoms with Gasteiger partial charge in [0.05, 0.1) is 6.26 Å². The summed E-state index contributed by atoms with van der Waals surface area (Å²) < 4.78 is 17.7. The number of nitrogens with one attached hydrogen (secondary N) is 3. The molecule has 2 aromatic rings. The maximum atomic E-state index is 12.8. The molecule has 3 amide bonds. The minimum atomic E-state index is -0.902. The highest BCUT2D eigenvalue weighted by molar-refractivity contribution is 5.97. The van der Waals surface area contributed by atoms with Crippen LogP contribution >= 0.6 is 0 Å². The minimum Gasteiger partial charge on any atom is -0.459 e. The molecule has 1 aromatic heterocycles. The second kappa shape index (κ2) is 7.21. The Morgan fingerprint density at radius 2 is 1.74 bits per heavy atom. The van der Waals surface area contributed by atoms with Crippen LogP contribution in [0.2, 0.25) is 0 Å². The summed E-state index contributed by atoms with van der Waals surface area (Å²) in [5.41, 5.74) is 4.52. The molecule has 2 rings (SSSR count). The van der Waals surface area contributed by atoms with Gasteiger partial charge in [0.15, 0.2) is 5.76 Å². The van der Waals surface area contributed by atoms with Crippen LogP contribution in [0, 0.1) is 5.82 Å². The predicted molar refractivity (Wildman–Crippen MR) is 77.6 cm³/mol. The van der Waals surface area contributed by atoms with Crippen molar-refractivity contribution in [2.75, 3.05) is 0 Å². The maximum absolute atomic E-state index is 12.8. The number of halogens is 1. The van der Waals surface area contributed by atoms with Gasteiger partial charge in [-0.2, -0.15) is 0 Å². The Kier molecular flexibility index (Phi) is 5.08. The number of hydrogen-bond acceptors (Lipinski definition) is 4. The molecule has 23 heavy (non-hydrogen) atoms. The maximum Gasteiger partial charge on any atom is 0.287 e. The van der Waals surface area contributed by atoms with Gasteiger partial charge >= 0.3 is 0 Å². The van der Waals surface area contributed by atoms with Gasteiger partial charge < -0.3 is 9.73 Å². The van der Waals surface area contributed by atoms with Crippen molar-refractivity contribution in [2.24, 2.45) is 0 Å². The summed E-state index contributed by atoms with van der Waals surface area (Å²) in [5.74, 6) is -2.19. The second-order valence-electron chi connectivity index (χ2n) is 4.62. The predicted octanol–water partition coefficient (Wildman–Crippen LogP) is 0.998. The lowest BCUT2D eigenvalue weighted by Crippen LogP contribution is -2.51. The van der Waals surface area contributed by atoms with Crippen LogP contribution in [0.25, 0.3) is 0 Å². The lowest BCUT2D eigenvalue weighted by molar-refractivity contribution is -0.123. The van der Waals surface area contributed by atoms with Crippen molar-refractivity contribution in [1.82, 2.24) is 16.2 Å². The molecule has 0 spiro atoms. The molecule has 0 aliphatic heterocycles. The monoisotopic (exact) mass is 319 g/mol. The van der Waals surface area contributed by atoms with Crippen LogP contribution in [0.15, 0.2) is 47.1 Å². The van der Waals surface area contributed by atoms with Crippen molar-refractivity contribution >= 4 is 17.7 Å². The Hall–Kier alpha value is -3.16. The van der Waals surface area contributed by atoms with Crippen molar-refractivity contribution in [3.05, 3.63) is 59.8 Å². The normalized spacial score (nSPS) is 11.4. The van der Waals surface area contributed by atoms with E-state index in [1.165, 1.54) is 31.4 Å². The van der Waals surface area contributed by atoms with E-state index in [-0.39, 0.29) is 11.3 Å². The van der Waals surface area contributed by atoms with E-state index in [4.69, 9.17) is 4.42 Å². The zero-order valence-corrected chi connectivity index (χ0v) is 12.1. The van der Waals surface area contributed by atoms with Gasteiger partial charge in [-0.3, -0.25) is 25.2 Å². The van der Waals surface area contributed by atoms with Crippen LogP contribution < -0.4 is 16.2 Å². The quantitative estimate of drug-likeness (QED) is 0.732. The third kappa shape index (κ3) is 4.40. The molecule has 0 radical (unpaired) electrons. The molecule has 1 aromatic carbocycles. The summed E-state index contributed by atoms with van der Waals surface area (Å²) in [6.45, 7) is 1.44. The molecule has 0 aliphatic rings. The highest BCUT2D eigenvalue weighted by Gasteiger charge is 2.18. The van der Waals surface area contributed by atoms with Crippen molar-refractivity contribution in [2.45, 2.75) is 13.0 Å². The average Bonchev–Trinajstić information content (AvgIpc) is 3.07. The van der Waals surface area contributed by atoms with Gasteiger partial charge in [0.25, 0.3) is 17.7 Å². The van der Waals surface area contributed by atoms with Crippen LogP contribution in [0.1, 0.15) is 27.8 Å². The van der Waals surface area contributed by atoms with E-state index in [0.29, 0.717) is 0 Å². The van der Waals surface area contributed by atoms with E-state index in [0.717, 1.165) is 12.1 Å². The molecule has 0 saturated carbocycles. The summed E-state index contributed by atoms with van der Waals surface area (Å²) in [6, 6.07) is 6.91. The van der Waals surface area contributed by atoms with E-state index in [9.17, 15) is 18.8 Å². The smallest absolute Gasteiger partial charge is 0.287 e. The minimum absolute atomic E-state index is 0.0694. The van der Waals surface area contributed by atoms with Crippen molar-refractivity contribution in [1.29, 1.82) is 0 Å². The number of hydrogen-bond donors (Lipinski definition) is 3. The summed E-state index contributed by atoms with van der Waals surface area (Å²) in [6.07, 6.45) is 1.34. The number of amides is 3.